The van der Waals surface area contributed by atoms with Gasteiger partial charge in [-0.1, -0.05) is 12.8 Å². The summed E-state index contributed by atoms with van der Waals surface area (Å²) >= 11 is 0. The Bertz CT molecular complexity index is 83.3. The first-order valence-corrected chi connectivity index (χ1v) is 4.14. The average Bonchev–Trinajstić information content (AvgIpc) is 2.66. The van der Waals surface area contributed by atoms with E-state index in [0.29, 0.717) is 12.2 Å². The third-order valence-corrected chi connectivity index (χ3v) is 1.91. The van der Waals surface area contributed by atoms with Crippen LogP contribution in [0, 0.1) is 0 Å². The molecule has 0 bridgehead atoms. The first-order valence-electron chi connectivity index (χ1n) is 4.14. The highest BCUT2D eigenvalue weighted by Crippen LogP contribution is 2.35. The summed E-state index contributed by atoms with van der Waals surface area (Å²) in [5.74, 6) is 0. The second-order valence-corrected chi connectivity index (χ2v) is 2.81. The van der Waals surface area contributed by atoms with Gasteiger partial charge in [0.2, 0.25) is 0 Å². The second kappa shape index (κ2) is 3.94. The molecule has 2 heteroatoms. The fourth-order valence-electron chi connectivity index (χ4n) is 1.38. The Morgan fingerprint density at radius 1 is 1.30 bits per heavy atom. The molecule has 2 nitrogen and oxygen atoms in total. The van der Waals surface area contributed by atoms with Crippen LogP contribution in [0.4, 0.5) is 0 Å². The number of fused-ring (bicyclic) bond motifs is 1. The number of aliphatic hydroxyl groups excluding tert-OH is 1. The van der Waals surface area contributed by atoms with Crippen molar-refractivity contribution in [3.8, 4) is 0 Å². The van der Waals surface area contributed by atoms with Gasteiger partial charge < -0.3 is 9.84 Å². The van der Waals surface area contributed by atoms with Crippen molar-refractivity contribution >= 4 is 0 Å². The zero-order valence-corrected chi connectivity index (χ0v) is 6.55. The summed E-state index contributed by atoms with van der Waals surface area (Å²) < 4.78 is 5.28. The lowest BCUT2D eigenvalue weighted by Gasteiger charge is -2.00. The molecule has 2 rings (SSSR count). The van der Waals surface area contributed by atoms with E-state index in [1.807, 2.05) is 0 Å². The van der Waals surface area contributed by atoms with Crippen LogP contribution in [0.3, 0.4) is 0 Å². The number of rotatable bonds is 0. The summed E-state index contributed by atoms with van der Waals surface area (Å²) in [5, 5.41) is 7.57. The van der Waals surface area contributed by atoms with Crippen molar-refractivity contribution in [2.45, 2.75) is 44.8 Å². The van der Waals surface area contributed by atoms with E-state index in [1.165, 1.54) is 25.7 Å². The van der Waals surface area contributed by atoms with Gasteiger partial charge in [-0.25, -0.2) is 0 Å². The zero-order chi connectivity index (χ0) is 7.40. The van der Waals surface area contributed by atoms with Gasteiger partial charge in [0, 0.05) is 6.61 Å². The maximum atomic E-state index is 7.57. The lowest BCUT2D eigenvalue weighted by Crippen LogP contribution is -2.00. The van der Waals surface area contributed by atoms with E-state index in [1.54, 1.807) is 6.92 Å². The summed E-state index contributed by atoms with van der Waals surface area (Å²) in [6, 6.07) is 0. The Labute approximate surface area is 62.2 Å². The van der Waals surface area contributed by atoms with Gasteiger partial charge in [0.05, 0.1) is 12.2 Å². The number of ether oxygens (including phenoxy) is 1. The molecule has 60 valence electrons. The molecule has 1 saturated carbocycles. The average molecular weight is 144 g/mol. The van der Waals surface area contributed by atoms with Crippen molar-refractivity contribution in [2.75, 3.05) is 6.61 Å². The summed E-state index contributed by atoms with van der Waals surface area (Å²) in [6.45, 7) is 1.93. The highest BCUT2D eigenvalue weighted by atomic mass is 16.6. The molecule has 0 spiro atoms. The molecule has 2 unspecified atom stereocenters. The van der Waals surface area contributed by atoms with E-state index in [2.05, 4.69) is 0 Å². The van der Waals surface area contributed by atoms with Crippen LogP contribution in [-0.2, 0) is 4.74 Å². The fraction of sp³-hybridized carbons (Fsp3) is 1.00. The molecule has 10 heavy (non-hydrogen) atoms. The lowest BCUT2D eigenvalue weighted by molar-refractivity contribution is 0.318. The van der Waals surface area contributed by atoms with E-state index in [0.717, 1.165) is 0 Å². The van der Waals surface area contributed by atoms with Crippen molar-refractivity contribution in [1.82, 2.24) is 0 Å². The predicted octanol–water partition coefficient (Wildman–Crippen LogP) is 1.33. The fourth-order valence-corrected chi connectivity index (χ4v) is 1.38. The Balaban J connectivity index is 0.000000148. The van der Waals surface area contributed by atoms with Crippen LogP contribution in [0.2, 0.25) is 0 Å². The van der Waals surface area contributed by atoms with E-state index < -0.39 is 0 Å². The number of hydrogen-bond acceptors (Lipinski definition) is 2. The molecule has 1 heterocycles. The monoisotopic (exact) mass is 144 g/mol. The van der Waals surface area contributed by atoms with Crippen molar-refractivity contribution in [3.05, 3.63) is 0 Å². The van der Waals surface area contributed by atoms with Crippen LogP contribution < -0.4 is 0 Å². The Morgan fingerprint density at radius 2 is 1.70 bits per heavy atom. The van der Waals surface area contributed by atoms with E-state index in [4.69, 9.17) is 9.84 Å². The van der Waals surface area contributed by atoms with Gasteiger partial charge in [-0.05, 0) is 19.8 Å². The van der Waals surface area contributed by atoms with Gasteiger partial charge in [0.1, 0.15) is 0 Å². The molecule has 0 radical (unpaired) electrons. The number of aliphatic hydroxyl groups is 1. The van der Waals surface area contributed by atoms with Crippen LogP contribution in [0.25, 0.3) is 0 Å². The summed E-state index contributed by atoms with van der Waals surface area (Å²) in [4.78, 5) is 0. The maximum Gasteiger partial charge on any atom is 0.0841 e. The lowest BCUT2D eigenvalue weighted by atomic mass is 10.0. The Morgan fingerprint density at radius 3 is 2.00 bits per heavy atom. The van der Waals surface area contributed by atoms with Crippen LogP contribution in [0.1, 0.15) is 32.6 Å². The van der Waals surface area contributed by atoms with Crippen LogP contribution in [0.15, 0.2) is 0 Å². The van der Waals surface area contributed by atoms with E-state index in [9.17, 15) is 0 Å². The molecule has 0 aromatic rings. The van der Waals surface area contributed by atoms with Crippen molar-refractivity contribution in [1.29, 1.82) is 0 Å². The van der Waals surface area contributed by atoms with E-state index >= 15 is 0 Å². The van der Waals surface area contributed by atoms with Gasteiger partial charge in [0.25, 0.3) is 0 Å². The van der Waals surface area contributed by atoms with Gasteiger partial charge in [0.15, 0.2) is 0 Å². The molecular weight excluding hydrogens is 128 g/mol. The largest absolute Gasteiger partial charge is 0.397 e. The molecule has 2 fully saturated rings. The van der Waals surface area contributed by atoms with Crippen LogP contribution in [-0.4, -0.2) is 23.9 Å². The summed E-state index contributed by atoms with van der Waals surface area (Å²) in [5.41, 5.74) is 0. The predicted molar refractivity (Wildman–Crippen MR) is 39.9 cm³/mol. The number of epoxide rings is 1. The molecule has 2 aliphatic rings. The third kappa shape index (κ3) is 2.27. The van der Waals surface area contributed by atoms with Crippen molar-refractivity contribution < 1.29 is 9.84 Å². The Hall–Kier alpha value is -0.0800. The molecule has 2 atom stereocenters. The molecular formula is C8H16O2. The highest BCUT2D eigenvalue weighted by Gasteiger charge is 2.39. The Kier molecular flexibility index (Phi) is 3.16. The van der Waals surface area contributed by atoms with E-state index in [-0.39, 0.29) is 6.61 Å². The van der Waals surface area contributed by atoms with Crippen molar-refractivity contribution in [2.24, 2.45) is 0 Å². The smallest absolute Gasteiger partial charge is 0.0841 e. The minimum atomic E-state index is 0.250. The highest BCUT2D eigenvalue weighted by molar-refractivity contribution is 4.87. The topological polar surface area (TPSA) is 32.8 Å². The minimum absolute atomic E-state index is 0.250. The minimum Gasteiger partial charge on any atom is -0.397 e. The van der Waals surface area contributed by atoms with Crippen molar-refractivity contribution in [3.63, 3.8) is 0 Å². The second-order valence-electron chi connectivity index (χ2n) is 2.81. The van der Waals surface area contributed by atoms with Gasteiger partial charge in [-0.15, -0.1) is 0 Å². The summed E-state index contributed by atoms with van der Waals surface area (Å²) in [7, 11) is 0. The molecule has 0 aromatic heterocycles. The maximum absolute atomic E-state index is 7.57. The normalized spacial score (nSPS) is 35.4. The van der Waals surface area contributed by atoms with Crippen LogP contribution >= 0.6 is 0 Å². The van der Waals surface area contributed by atoms with Gasteiger partial charge >= 0.3 is 0 Å². The quantitative estimate of drug-likeness (QED) is 0.520. The molecule has 1 N–H and O–H groups in total. The molecule has 0 amide bonds. The first-order chi connectivity index (χ1) is 4.88. The zero-order valence-electron chi connectivity index (χ0n) is 6.55. The standard InChI is InChI=1S/C6H10O.C2H6O/c1-2-4-6-5(3-1)7-6;1-2-3/h5-6H,1-4H2;3H,2H2,1H3. The SMILES string of the molecule is C1CCC2OC2C1.CCO. The summed E-state index contributed by atoms with van der Waals surface area (Å²) in [6.07, 6.45) is 6.89. The third-order valence-electron chi connectivity index (χ3n) is 1.91. The molecule has 1 saturated heterocycles. The van der Waals surface area contributed by atoms with Crippen LogP contribution in [0.5, 0.6) is 0 Å². The van der Waals surface area contributed by atoms with Gasteiger partial charge in [-0.3, -0.25) is 0 Å². The number of hydrogen-bond donors (Lipinski definition) is 1. The molecule has 1 aliphatic heterocycles. The molecule has 1 aliphatic carbocycles. The van der Waals surface area contributed by atoms with Gasteiger partial charge in [-0.2, -0.15) is 0 Å². The first kappa shape index (κ1) is 8.02. The molecule has 0 aromatic carbocycles.